The van der Waals surface area contributed by atoms with E-state index in [9.17, 15) is 14.0 Å². The molecule has 8 heteroatoms. The molecule has 0 aliphatic carbocycles. The first-order valence-electron chi connectivity index (χ1n) is 8.82. The number of carbonyl (C=O) groups excluding carboxylic acids is 2. The molecule has 7 nitrogen and oxygen atoms in total. The molecule has 0 saturated carbocycles. The van der Waals surface area contributed by atoms with Crippen molar-refractivity contribution >= 4 is 11.9 Å². The first kappa shape index (κ1) is 18.4. The third-order valence-electron chi connectivity index (χ3n) is 4.69. The molecule has 0 bridgehead atoms. The van der Waals surface area contributed by atoms with E-state index in [1.54, 1.807) is 35.0 Å². The van der Waals surface area contributed by atoms with Crippen LogP contribution < -0.4 is 10.1 Å². The number of hydrogen-bond acceptors (Lipinski definition) is 4. The quantitative estimate of drug-likeness (QED) is 0.871. The SMILES string of the molecule is CN1C[C@H](CNC(=O)N2CCC(Oc3ccccc3F)CC2)OCC1=O. The van der Waals surface area contributed by atoms with Gasteiger partial charge in [0.15, 0.2) is 11.6 Å². The number of morpholine rings is 1. The minimum absolute atomic E-state index is 0.0514. The Morgan fingerprint density at radius 2 is 2.08 bits per heavy atom. The Bertz CT molecular complexity index is 649. The van der Waals surface area contributed by atoms with Gasteiger partial charge in [0.25, 0.3) is 0 Å². The average molecular weight is 365 g/mol. The predicted octanol–water partition coefficient (Wildman–Crippen LogP) is 1.24. The molecule has 142 valence electrons. The summed E-state index contributed by atoms with van der Waals surface area (Å²) < 4.78 is 24.8. The summed E-state index contributed by atoms with van der Waals surface area (Å²) >= 11 is 0. The third-order valence-corrected chi connectivity index (χ3v) is 4.69. The van der Waals surface area contributed by atoms with Crippen molar-refractivity contribution in [2.45, 2.75) is 25.0 Å². The Kier molecular flexibility index (Phi) is 5.92. The monoisotopic (exact) mass is 365 g/mol. The van der Waals surface area contributed by atoms with Crippen molar-refractivity contribution in [2.75, 3.05) is 39.8 Å². The van der Waals surface area contributed by atoms with Crippen LogP contribution >= 0.6 is 0 Å². The Morgan fingerprint density at radius 3 is 2.77 bits per heavy atom. The summed E-state index contributed by atoms with van der Waals surface area (Å²) in [5, 5.41) is 2.85. The number of likely N-dealkylation sites (tertiary alicyclic amines) is 1. The van der Waals surface area contributed by atoms with Gasteiger partial charge in [-0.25, -0.2) is 9.18 Å². The zero-order valence-corrected chi connectivity index (χ0v) is 14.8. The second kappa shape index (κ2) is 8.35. The van der Waals surface area contributed by atoms with Crippen molar-refractivity contribution in [3.63, 3.8) is 0 Å². The molecule has 2 saturated heterocycles. The standard InChI is InChI=1S/C18H24FN3O4/c1-21-11-14(25-12-17(21)23)10-20-18(24)22-8-6-13(7-9-22)26-16-5-3-2-4-15(16)19/h2-5,13-14H,6-12H2,1H3,(H,20,24)/t14-/m0/s1. The Morgan fingerprint density at radius 1 is 1.35 bits per heavy atom. The fraction of sp³-hybridized carbons (Fsp3) is 0.556. The van der Waals surface area contributed by atoms with Gasteiger partial charge in [-0.1, -0.05) is 12.1 Å². The van der Waals surface area contributed by atoms with E-state index in [4.69, 9.17) is 9.47 Å². The van der Waals surface area contributed by atoms with Crippen molar-refractivity contribution in [1.82, 2.24) is 15.1 Å². The van der Waals surface area contributed by atoms with Crippen LogP contribution in [0.3, 0.4) is 0 Å². The van der Waals surface area contributed by atoms with Crippen molar-refractivity contribution in [2.24, 2.45) is 0 Å². The number of para-hydroxylation sites is 1. The first-order chi connectivity index (χ1) is 12.5. The number of halogens is 1. The zero-order valence-electron chi connectivity index (χ0n) is 14.8. The summed E-state index contributed by atoms with van der Waals surface area (Å²) in [6, 6.07) is 6.19. The predicted molar refractivity (Wildman–Crippen MR) is 92.4 cm³/mol. The lowest BCUT2D eigenvalue weighted by atomic mass is 10.1. The molecular formula is C18H24FN3O4. The molecule has 0 radical (unpaired) electrons. The van der Waals surface area contributed by atoms with Crippen LogP contribution in [0, 0.1) is 5.82 Å². The summed E-state index contributed by atoms with van der Waals surface area (Å²) in [5.74, 6) is -0.170. The van der Waals surface area contributed by atoms with Crippen LogP contribution in [-0.2, 0) is 9.53 Å². The second-order valence-electron chi connectivity index (χ2n) is 6.63. The average Bonchev–Trinajstić information content (AvgIpc) is 2.65. The van der Waals surface area contributed by atoms with Crippen LogP contribution in [0.25, 0.3) is 0 Å². The molecule has 2 heterocycles. The van der Waals surface area contributed by atoms with E-state index in [0.29, 0.717) is 39.0 Å². The van der Waals surface area contributed by atoms with Gasteiger partial charge in [0.1, 0.15) is 12.7 Å². The highest BCUT2D eigenvalue weighted by atomic mass is 19.1. The summed E-state index contributed by atoms with van der Waals surface area (Å²) in [5.41, 5.74) is 0. The lowest BCUT2D eigenvalue weighted by Crippen LogP contribution is -2.52. The van der Waals surface area contributed by atoms with Crippen molar-refractivity contribution in [1.29, 1.82) is 0 Å². The Hall–Kier alpha value is -2.35. The molecule has 1 atom stereocenters. The molecule has 1 aromatic rings. The van der Waals surface area contributed by atoms with E-state index in [1.165, 1.54) is 6.07 Å². The highest BCUT2D eigenvalue weighted by Crippen LogP contribution is 2.21. The lowest BCUT2D eigenvalue weighted by molar-refractivity contribution is -0.146. The van der Waals surface area contributed by atoms with E-state index in [-0.39, 0.29) is 42.3 Å². The number of nitrogens with zero attached hydrogens (tertiary/aromatic N) is 2. The molecule has 2 fully saturated rings. The van der Waals surface area contributed by atoms with E-state index in [1.807, 2.05) is 0 Å². The Balaban J connectivity index is 1.39. The number of carbonyl (C=O) groups is 2. The minimum atomic E-state index is -0.372. The molecule has 0 unspecified atom stereocenters. The molecule has 1 N–H and O–H groups in total. The number of nitrogens with one attached hydrogen (secondary N) is 1. The topological polar surface area (TPSA) is 71.1 Å². The maximum Gasteiger partial charge on any atom is 0.317 e. The van der Waals surface area contributed by atoms with Crippen LogP contribution in [0.4, 0.5) is 9.18 Å². The normalized spacial score (nSPS) is 21.6. The number of benzene rings is 1. The molecule has 3 amide bonds. The molecule has 2 aliphatic heterocycles. The van der Waals surface area contributed by atoms with Crippen LogP contribution in [0.2, 0.25) is 0 Å². The maximum atomic E-state index is 13.6. The highest BCUT2D eigenvalue weighted by molar-refractivity contribution is 5.78. The van der Waals surface area contributed by atoms with Crippen molar-refractivity contribution in [3.05, 3.63) is 30.1 Å². The molecular weight excluding hydrogens is 341 g/mol. The van der Waals surface area contributed by atoms with Crippen LogP contribution in [0.15, 0.2) is 24.3 Å². The van der Waals surface area contributed by atoms with Crippen LogP contribution in [0.5, 0.6) is 5.75 Å². The Labute approximate surface area is 152 Å². The number of hydrogen-bond donors (Lipinski definition) is 1. The maximum absolute atomic E-state index is 13.6. The number of rotatable bonds is 4. The van der Waals surface area contributed by atoms with Gasteiger partial charge in [0, 0.05) is 46.1 Å². The summed E-state index contributed by atoms with van der Waals surface area (Å²) in [6.07, 6.45) is 1.01. The smallest absolute Gasteiger partial charge is 0.317 e. The third kappa shape index (κ3) is 4.63. The molecule has 1 aromatic carbocycles. The van der Waals surface area contributed by atoms with E-state index in [0.717, 1.165) is 0 Å². The number of ether oxygens (including phenoxy) is 2. The van der Waals surface area contributed by atoms with Gasteiger partial charge in [0.2, 0.25) is 5.91 Å². The van der Waals surface area contributed by atoms with Gasteiger partial charge < -0.3 is 24.6 Å². The number of likely N-dealkylation sites (N-methyl/N-ethyl adjacent to an activating group) is 1. The van der Waals surface area contributed by atoms with Crippen molar-refractivity contribution < 1.29 is 23.5 Å². The molecule has 3 rings (SSSR count). The summed E-state index contributed by atoms with van der Waals surface area (Å²) in [4.78, 5) is 27.0. The van der Waals surface area contributed by atoms with Gasteiger partial charge in [-0.3, -0.25) is 4.79 Å². The van der Waals surface area contributed by atoms with Gasteiger partial charge >= 0.3 is 6.03 Å². The second-order valence-corrected chi connectivity index (χ2v) is 6.63. The molecule has 0 aromatic heterocycles. The van der Waals surface area contributed by atoms with E-state index >= 15 is 0 Å². The van der Waals surface area contributed by atoms with Gasteiger partial charge in [-0.2, -0.15) is 0 Å². The van der Waals surface area contributed by atoms with Crippen LogP contribution in [-0.4, -0.2) is 73.8 Å². The minimum Gasteiger partial charge on any atom is -0.487 e. The van der Waals surface area contributed by atoms with Gasteiger partial charge in [-0.15, -0.1) is 0 Å². The number of amides is 3. The van der Waals surface area contributed by atoms with Crippen LogP contribution in [0.1, 0.15) is 12.8 Å². The summed E-state index contributed by atoms with van der Waals surface area (Å²) in [7, 11) is 1.72. The van der Waals surface area contributed by atoms with E-state index in [2.05, 4.69) is 5.32 Å². The zero-order chi connectivity index (χ0) is 18.5. The first-order valence-corrected chi connectivity index (χ1v) is 8.82. The largest absolute Gasteiger partial charge is 0.487 e. The fourth-order valence-electron chi connectivity index (χ4n) is 3.09. The summed E-state index contributed by atoms with van der Waals surface area (Å²) in [6.45, 7) is 1.99. The van der Waals surface area contributed by atoms with Gasteiger partial charge in [0.05, 0.1) is 6.10 Å². The number of urea groups is 1. The fourth-order valence-corrected chi connectivity index (χ4v) is 3.09. The molecule has 26 heavy (non-hydrogen) atoms. The number of piperidine rings is 1. The van der Waals surface area contributed by atoms with Gasteiger partial charge in [-0.05, 0) is 12.1 Å². The molecule has 0 spiro atoms. The highest BCUT2D eigenvalue weighted by Gasteiger charge is 2.27. The van der Waals surface area contributed by atoms with Crippen molar-refractivity contribution in [3.8, 4) is 5.75 Å². The lowest BCUT2D eigenvalue weighted by Gasteiger charge is -2.33. The molecule has 2 aliphatic rings. The van der Waals surface area contributed by atoms with E-state index < -0.39 is 0 Å².